The molecule has 5 heteroatoms. The topological polar surface area (TPSA) is 54.1 Å². The lowest BCUT2D eigenvalue weighted by molar-refractivity contribution is -0.0807. The Morgan fingerprint density at radius 1 is 1.12 bits per heavy atom. The number of aromatic amines is 1. The summed E-state index contributed by atoms with van der Waals surface area (Å²) in [6.45, 7) is 1.81. The standard InChI is InChI=1S/C21H19ClN2O2/c22-14-5-6-17-13(11-14)12-18(24-17)19(25)20-15-3-1-2-4-16(15)21(26-20)7-9-23-10-8-21/h1-6,11-12,20,23-24H,7-10H2/t20-/m1/s1. The van der Waals surface area contributed by atoms with Crippen molar-refractivity contribution >= 4 is 28.3 Å². The van der Waals surface area contributed by atoms with Gasteiger partial charge < -0.3 is 15.0 Å². The molecule has 1 aromatic heterocycles. The van der Waals surface area contributed by atoms with E-state index in [1.807, 2.05) is 42.5 Å². The number of H-pyrrole nitrogens is 1. The molecule has 0 unspecified atom stereocenters. The van der Waals surface area contributed by atoms with Gasteiger partial charge in [0.1, 0.15) is 6.10 Å². The number of hydrogen-bond acceptors (Lipinski definition) is 3. The zero-order valence-corrected chi connectivity index (χ0v) is 15.0. The molecule has 4 nitrogen and oxygen atoms in total. The Bertz CT molecular complexity index is 1000. The van der Waals surface area contributed by atoms with Gasteiger partial charge in [0.05, 0.1) is 11.3 Å². The van der Waals surface area contributed by atoms with Crippen LogP contribution in [0.5, 0.6) is 0 Å². The number of rotatable bonds is 2. The van der Waals surface area contributed by atoms with Crippen LogP contribution in [-0.2, 0) is 10.3 Å². The predicted molar refractivity (Wildman–Crippen MR) is 102 cm³/mol. The van der Waals surface area contributed by atoms with Crippen molar-refractivity contribution in [2.45, 2.75) is 24.5 Å². The smallest absolute Gasteiger partial charge is 0.212 e. The maximum Gasteiger partial charge on any atom is 0.212 e. The van der Waals surface area contributed by atoms with E-state index in [0.29, 0.717) is 10.7 Å². The molecule has 1 fully saturated rings. The maximum atomic E-state index is 13.3. The second kappa shape index (κ2) is 5.95. The number of piperidine rings is 1. The zero-order chi connectivity index (χ0) is 17.7. The van der Waals surface area contributed by atoms with Crippen molar-refractivity contribution in [3.05, 3.63) is 70.4 Å². The monoisotopic (exact) mass is 366 g/mol. The van der Waals surface area contributed by atoms with Crippen LogP contribution < -0.4 is 5.32 Å². The van der Waals surface area contributed by atoms with Gasteiger partial charge in [0.2, 0.25) is 5.78 Å². The number of ketones is 1. The number of halogens is 1. The number of ether oxygens (including phenoxy) is 1. The fourth-order valence-corrected chi connectivity index (χ4v) is 4.46. The molecule has 1 saturated heterocycles. The van der Waals surface area contributed by atoms with E-state index in [4.69, 9.17) is 16.3 Å². The highest BCUT2D eigenvalue weighted by Gasteiger charge is 2.47. The number of carbonyl (C=O) groups is 1. The Morgan fingerprint density at radius 2 is 1.92 bits per heavy atom. The first kappa shape index (κ1) is 16.1. The first-order valence-corrected chi connectivity index (χ1v) is 9.35. The van der Waals surface area contributed by atoms with E-state index in [2.05, 4.69) is 16.4 Å². The van der Waals surface area contributed by atoms with Crippen molar-refractivity contribution in [3.63, 3.8) is 0 Å². The lowest BCUT2D eigenvalue weighted by Gasteiger charge is -2.34. The molecular weight excluding hydrogens is 348 g/mol. The van der Waals surface area contributed by atoms with Crippen LogP contribution in [-0.4, -0.2) is 23.9 Å². The summed E-state index contributed by atoms with van der Waals surface area (Å²) in [6.07, 6.45) is 1.21. The van der Waals surface area contributed by atoms with Gasteiger partial charge >= 0.3 is 0 Å². The van der Waals surface area contributed by atoms with Crippen molar-refractivity contribution in [1.29, 1.82) is 0 Å². The molecule has 2 aliphatic heterocycles. The van der Waals surface area contributed by atoms with Crippen molar-refractivity contribution in [2.75, 3.05) is 13.1 Å². The first-order valence-electron chi connectivity index (χ1n) is 8.97. The van der Waals surface area contributed by atoms with Gasteiger partial charge in [0.25, 0.3) is 0 Å². The predicted octanol–water partition coefficient (Wildman–Crippen LogP) is 4.35. The van der Waals surface area contributed by atoms with Gasteiger partial charge in [-0.05, 0) is 61.3 Å². The second-order valence-corrected chi connectivity index (χ2v) is 7.54. The Hall–Kier alpha value is -2.14. The van der Waals surface area contributed by atoms with Crippen molar-refractivity contribution in [3.8, 4) is 0 Å². The number of Topliss-reactive ketones (excluding diaryl/α,β-unsaturated/α-hetero) is 1. The molecule has 26 heavy (non-hydrogen) atoms. The van der Waals surface area contributed by atoms with Crippen LogP contribution >= 0.6 is 11.6 Å². The molecule has 3 aromatic rings. The summed E-state index contributed by atoms with van der Waals surface area (Å²) in [5.41, 5.74) is 3.28. The lowest BCUT2D eigenvalue weighted by atomic mass is 9.84. The molecule has 0 amide bonds. The highest BCUT2D eigenvalue weighted by Crippen LogP contribution is 2.49. The summed E-state index contributed by atoms with van der Waals surface area (Å²) >= 11 is 6.07. The zero-order valence-electron chi connectivity index (χ0n) is 14.2. The van der Waals surface area contributed by atoms with Crippen LogP contribution in [0.1, 0.15) is 40.6 Å². The Labute approximate surface area is 156 Å². The van der Waals surface area contributed by atoms with E-state index in [9.17, 15) is 4.79 Å². The number of fused-ring (bicyclic) bond motifs is 3. The van der Waals surface area contributed by atoms with E-state index >= 15 is 0 Å². The average Bonchev–Trinajstić information content (AvgIpc) is 3.22. The molecule has 2 aliphatic rings. The van der Waals surface area contributed by atoms with Crippen LogP contribution in [0.4, 0.5) is 0 Å². The summed E-state index contributed by atoms with van der Waals surface area (Å²) in [4.78, 5) is 16.5. The summed E-state index contributed by atoms with van der Waals surface area (Å²) < 4.78 is 6.46. The Morgan fingerprint density at radius 3 is 2.77 bits per heavy atom. The van der Waals surface area contributed by atoms with Crippen LogP contribution in [0.2, 0.25) is 5.02 Å². The highest BCUT2D eigenvalue weighted by atomic mass is 35.5. The van der Waals surface area contributed by atoms with Gasteiger partial charge in [-0.25, -0.2) is 0 Å². The van der Waals surface area contributed by atoms with E-state index in [1.54, 1.807) is 0 Å². The highest BCUT2D eigenvalue weighted by molar-refractivity contribution is 6.31. The van der Waals surface area contributed by atoms with Crippen LogP contribution in [0.25, 0.3) is 10.9 Å². The molecule has 0 saturated carbocycles. The van der Waals surface area contributed by atoms with E-state index in [0.717, 1.165) is 42.4 Å². The molecular formula is C21H19ClN2O2. The van der Waals surface area contributed by atoms with Gasteiger partial charge in [0, 0.05) is 15.9 Å². The summed E-state index contributed by atoms with van der Waals surface area (Å²) in [6, 6.07) is 15.6. The SMILES string of the molecule is O=C(c1cc2cc(Cl)ccc2[nH]1)[C@@H]1OC2(CCNCC2)c2ccccc21. The van der Waals surface area contributed by atoms with Crippen LogP contribution in [0, 0.1) is 0 Å². The molecule has 1 atom stereocenters. The largest absolute Gasteiger partial charge is 0.354 e. The minimum atomic E-state index is -0.562. The summed E-state index contributed by atoms with van der Waals surface area (Å²) in [5, 5.41) is 4.97. The maximum absolute atomic E-state index is 13.3. The molecule has 5 rings (SSSR count). The Kier molecular flexibility index (Phi) is 3.67. The molecule has 2 aromatic carbocycles. The van der Waals surface area contributed by atoms with E-state index in [1.165, 1.54) is 5.56 Å². The number of hydrogen-bond donors (Lipinski definition) is 2. The molecule has 3 heterocycles. The van der Waals surface area contributed by atoms with Crippen molar-refractivity contribution < 1.29 is 9.53 Å². The fourth-order valence-electron chi connectivity index (χ4n) is 4.28. The average molecular weight is 367 g/mol. The van der Waals surface area contributed by atoms with E-state index < -0.39 is 6.10 Å². The number of nitrogens with one attached hydrogen (secondary N) is 2. The third-order valence-corrected chi connectivity index (χ3v) is 5.81. The van der Waals surface area contributed by atoms with Gasteiger partial charge in [-0.1, -0.05) is 35.9 Å². The van der Waals surface area contributed by atoms with Gasteiger partial charge in [-0.15, -0.1) is 0 Å². The molecule has 2 N–H and O–H groups in total. The van der Waals surface area contributed by atoms with Crippen molar-refractivity contribution in [1.82, 2.24) is 10.3 Å². The minimum Gasteiger partial charge on any atom is -0.354 e. The van der Waals surface area contributed by atoms with E-state index in [-0.39, 0.29) is 11.4 Å². The molecule has 0 radical (unpaired) electrons. The second-order valence-electron chi connectivity index (χ2n) is 7.11. The third kappa shape index (κ3) is 2.41. The molecule has 132 valence electrons. The number of carbonyl (C=O) groups excluding carboxylic acids is 1. The summed E-state index contributed by atoms with van der Waals surface area (Å²) in [5.74, 6) is -0.0276. The molecule has 1 spiro atoms. The van der Waals surface area contributed by atoms with Gasteiger partial charge in [-0.2, -0.15) is 0 Å². The Balaban J connectivity index is 1.55. The fraction of sp³-hybridized carbons (Fsp3) is 0.286. The third-order valence-electron chi connectivity index (χ3n) is 5.58. The summed E-state index contributed by atoms with van der Waals surface area (Å²) in [7, 11) is 0. The molecule has 0 aliphatic carbocycles. The number of benzene rings is 2. The normalized spacial score (nSPS) is 21.2. The minimum absolute atomic E-state index is 0.0276. The van der Waals surface area contributed by atoms with Crippen LogP contribution in [0.3, 0.4) is 0 Å². The van der Waals surface area contributed by atoms with Gasteiger partial charge in [0.15, 0.2) is 0 Å². The van der Waals surface area contributed by atoms with Crippen molar-refractivity contribution in [2.24, 2.45) is 0 Å². The molecule has 0 bridgehead atoms. The lowest BCUT2D eigenvalue weighted by Crippen LogP contribution is -2.40. The van der Waals surface area contributed by atoms with Crippen LogP contribution in [0.15, 0.2) is 48.5 Å². The quantitative estimate of drug-likeness (QED) is 0.663. The van der Waals surface area contributed by atoms with Gasteiger partial charge in [-0.3, -0.25) is 4.79 Å². The number of aromatic nitrogens is 1. The first-order chi connectivity index (χ1) is 12.7.